The minimum atomic E-state index is -0.422. The molecule has 140 valence electrons. The fourth-order valence-electron chi connectivity index (χ4n) is 2.45. The van der Waals surface area contributed by atoms with E-state index in [1.54, 1.807) is 19.4 Å². The molecule has 2 aromatic carbocycles. The largest absolute Gasteiger partial charge is 0.341 e. The van der Waals surface area contributed by atoms with Crippen LogP contribution in [0.4, 0.5) is 4.39 Å². The number of aromatic nitrogens is 3. The van der Waals surface area contributed by atoms with Crippen molar-refractivity contribution in [3.8, 4) is 5.69 Å². The van der Waals surface area contributed by atoms with Gasteiger partial charge in [-0.2, -0.15) is 0 Å². The molecule has 8 heteroatoms. The SMILES string of the molecule is Cc1ccc(-n2cnnc2SCC(=O)N(C)Cc2c(F)cccc2Cl)cc1. The van der Waals surface area contributed by atoms with Crippen molar-refractivity contribution < 1.29 is 9.18 Å². The summed E-state index contributed by atoms with van der Waals surface area (Å²) in [7, 11) is 1.62. The third-order valence-electron chi connectivity index (χ3n) is 4.04. The van der Waals surface area contributed by atoms with Crippen molar-refractivity contribution in [2.75, 3.05) is 12.8 Å². The first-order chi connectivity index (χ1) is 13.0. The highest BCUT2D eigenvalue weighted by Crippen LogP contribution is 2.22. The maximum absolute atomic E-state index is 13.9. The van der Waals surface area contributed by atoms with Crippen molar-refractivity contribution in [1.82, 2.24) is 19.7 Å². The van der Waals surface area contributed by atoms with Gasteiger partial charge in [-0.05, 0) is 31.2 Å². The number of carbonyl (C=O) groups is 1. The molecule has 3 aromatic rings. The van der Waals surface area contributed by atoms with E-state index in [0.29, 0.717) is 15.7 Å². The van der Waals surface area contributed by atoms with Crippen LogP contribution in [0.2, 0.25) is 5.02 Å². The Hall–Kier alpha value is -2.38. The summed E-state index contributed by atoms with van der Waals surface area (Å²) in [6.07, 6.45) is 1.61. The topological polar surface area (TPSA) is 51.0 Å². The van der Waals surface area contributed by atoms with Crippen LogP contribution >= 0.6 is 23.4 Å². The van der Waals surface area contributed by atoms with Gasteiger partial charge in [0.25, 0.3) is 0 Å². The van der Waals surface area contributed by atoms with E-state index in [4.69, 9.17) is 11.6 Å². The average Bonchev–Trinajstić information content (AvgIpc) is 3.12. The summed E-state index contributed by atoms with van der Waals surface area (Å²) in [5, 5.41) is 8.94. The molecule has 0 bridgehead atoms. The Morgan fingerprint density at radius 2 is 2.00 bits per heavy atom. The van der Waals surface area contributed by atoms with Crippen LogP contribution in [0.15, 0.2) is 53.9 Å². The van der Waals surface area contributed by atoms with Gasteiger partial charge in [0.1, 0.15) is 12.1 Å². The second-order valence-electron chi connectivity index (χ2n) is 6.06. The van der Waals surface area contributed by atoms with Crippen LogP contribution in [0, 0.1) is 12.7 Å². The van der Waals surface area contributed by atoms with Gasteiger partial charge in [0, 0.05) is 29.9 Å². The number of nitrogens with zero attached hydrogens (tertiary/aromatic N) is 4. The summed E-state index contributed by atoms with van der Waals surface area (Å²) in [5.74, 6) is -0.417. The lowest BCUT2D eigenvalue weighted by Gasteiger charge is -2.18. The van der Waals surface area contributed by atoms with Gasteiger partial charge in [-0.25, -0.2) is 4.39 Å². The highest BCUT2D eigenvalue weighted by Gasteiger charge is 2.16. The van der Waals surface area contributed by atoms with E-state index < -0.39 is 5.82 Å². The van der Waals surface area contributed by atoms with Gasteiger partial charge in [0.2, 0.25) is 5.91 Å². The molecule has 0 atom stereocenters. The van der Waals surface area contributed by atoms with Crippen molar-refractivity contribution in [3.05, 3.63) is 70.8 Å². The van der Waals surface area contributed by atoms with E-state index in [-0.39, 0.29) is 18.2 Å². The van der Waals surface area contributed by atoms with Crippen molar-refractivity contribution in [1.29, 1.82) is 0 Å². The summed E-state index contributed by atoms with van der Waals surface area (Å²) in [6, 6.07) is 12.4. The van der Waals surface area contributed by atoms with Gasteiger partial charge >= 0.3 is 0 Å². The molecule has 3 rings (SSSR count). The first kappa shape index (κ1) is 19.4. The number of rotatable bonds is 6. The molecule has 0 aliphatic heterocycles. The molecular weight excluding hydrogens is 387 g/mol. The Balaban J connectivity index is 1.64. The number of hydrogen-bond acceptors (Lipinski definition) is 4. The monoisotopic (exact) mass is 404 g/mol. The number of amides is 1. The highest BCUT2D eigenvalue weighted by atomic mass is 35.5. The van der Waals surface area contributed by atoms with E-state index in [2.05, 4.69) is 10.2 Å². The third-order valence-corrected chi connectivity index (χ3v) is 5.32. The van der Waals surface area contributed by atoms with Crippen LogP contribution in [0.25, 0.3) is 5.69 Å². The normalized spacial score (nSPS) is 10.8. The third kappa shape index (κ3) is 4.67. The van der Waals surface area contributed by atoms with E-state index in [1.165, 1.54) is 28.8 Å². The van der Waals surface area contributed by atoms with Gasteiger partial charge in [-0.1, -0.05) is 47.1 Å². The maximum atomic E-state index is 13.9. The molecule has 0 saturated heterocycles. The fraction of sp³-hybridized carbons (Fsp3) is 0.211. The number of aryl methyl sites for hydroxylation is 1. The Bertz CT molecular complexity index is 925. The predicted molar refractivity (Wildman–Crippen MR) is 105 cm³/mol. The molecule has 0 unspecified atom stereocenters. The molecular formula is C19H18ClFN4OS. The lowest BCUT2D eigenvalue weighted by molar-refractivity contribution is -0.127. The first-order valence-electron chi connectivity index (χ1n) is 8.22. The molecule has 0 aliphatic rings. The van der Waals surface area contributed by atoms with E-state index >= 15 is 0 Å². The highest BCUT2D eigenvalue weighted by molar-refractivity contribution is 7.99. The van der Waals surface area contributed by atoms with E-state index in [1.807, 2.05) is 35.8 Å². The molecule has 0 saturated carbocycles. The van der Waals surface area contributed by atoms with Crippen LogP contribution < -0.4 is 0 Å². The quantitative estimate of drug-likeness (QED) is 0.580. The second kappa shape index (κ2) is 8.54. The van der Waals surface area contributed by atoms with Crippen molar-refractivity contribution in [3.63, 3.8) is 0 Å². The van der Waals surface area contributed by atoms with Gasteiger partial charge < -0.3 is 4.90 Å². The summed E-state index contributed by atoms with van der Waals surface area (Å²) >= 11 is 7.31. The predicted octanol–water partition coefficient (Wildman–Crippen LogP) is 4.12. The Labute approximate surface area is 166 Å². The van der Waals surface area contributed by atoms with Gasteiger partial charge in [-0.15, -0.1) is 10.2 Å². The number of halogens is 2. The zero-order valence-corrected chi connectivity index (χ0v) is 16.5. The lowest BCUT2D eigenvalue weighted by Crippen LogP contribution is -2.28. The van der Waals surface area contributed by atoms with Crippen LogP contribution in [-0.2, 0) is 11.3 Å². The molecule has 0 fully saturated rings. The van der Waals surface area contributed by atoms with Crippen molar-refractivity contribution >= 4 is 29.3 Å². The Kier molecular flexibility index (Phi) is 6.13. The zero-order valence-electron chi connectivity index (χ0n) is 14.9. The first-order valence-corrected chi connectivity index (χ1v) is 9.59. The fourth-order valence-corrected chi connectivity index (χ4v) is 3.54. The van der Waals surface area contributed by atoms with Crippen LogP contribution in [0.1, 0.15) is 11.1 Å². The summed E-state index contributed by atoms with van der Waals surface area (Å²) in [4.78, 5) is 13.9. The number of carbonyl (C=O) groups excluding carboxylic acids is 1. The summed E-state index contributed by atoms with van der Waals surface area (Å²) in [6.45, 7) is 2.12. The average molecular weight is 405 g/mol. The molecule has 1 amide bonds. The van der Waals surface area contributed by atoms with Gasteiger partial charge in [-0.3, -0.25) is 9.36 Å². The van der Waals surface area contributed by atoms with Gasteiger partial charge in [0.05, 0.1) is 5.75 Å². The maximum Gasteiger partial charge on any atom is 0.233 e. The smallest absolute Gasteiger partial charge is 0.233 e. The number of thioether (sulfide) groups is 1. The number of hydrogen-bond donors (Lipinski definition) is 0. The molecule has 0 spiro atoms. The Morgan fingerprint density at radius 1 is 1.26 bits per heavy atom. The molecule has 0 N–H and O–H groups in total. The van der Waals surface area contributed by atoms with Crippen molar-refractivity contribution in [2.24, 2.45) is 0 Å². The van der Waals surface area contributed by atoms with Crippen LogP contribution in [0.5, 0.6) is 0 Å². The molecule has 1 heterocycles. The summed E-state index contributed by atoms with van der Waals surface area (Å²) < 4.78 is 15.7. The van der Waals surface area contributed by atoms with E-state index in [0.717, 1.165) is 11.3 Å². The molecule has 0 radical (unpaired) electrons. The van der Waals surface area contributed by atoms with Crippen LogP contribution in [-0.4, -0.2) is 38.4 Å². The molecule has 5 nitrogen and oxygen atoms in total. The zero-order chi connectivity index (χ0) is 19.4. The number of benzene rings is 2. The lowest BCUT2D eigenvalue weighted by atomic mass is 10.2. The standard InChI is InChI=1S/C19H18ClFN4OS/c1-13-6-8-14(9-7-13)25-12-22-23-19(25)27-11-18(26)24(2)10-15-16(20)4-3-5-17(15)21/h3-9,12H,10-11H2,1-2H3. The van der Waals surface area contributed by atoms with Crippen LogP contribution in [0.3, 0.4) is 0 Å². The minimum absolute atomic E-state index is 0.107. The molecule has 1 aromatic heterocycles. The molecule has 27 heavy (non-hydrogen) atoms. The Morgan fingerprint density at radius 3 is 2.70 bits per heavy atom. The van der Waals surface area contributed by atoms with Crippen molar-refractivity contribution in [2.45, 2.75) is 18.6 Å². The summed E-state index contributed by atoms with van der Waals surface area (Å²) in [5.41, 5.74) is 2.39. The van der Waals surface area contributed by atoms with E-state index in [9.17, 15) is 9.18 Å². The minimum Gasteiger partial charge on any atom is -0.341 e. The molecule has 0 aliphatic carbocycles. The van der Waals surface area contributed by atoms with Gasteiger partial charge in [0.15, 0.2) is 5.16 Å². The second-order valence-corrected chi connectivity index (χ2v) is 7.41.